The van der Waals surface area contributed by atoms with Gasteiger partial charge in [-0.1, -0.05) is 0 Å². The van der Waals surface area contributed by atoms with Crippen LogP contribution in [0, 0.1) is 22.7 Å². The fourth-order valence-corrected chi connectivity index (χ4v) is 7.76. The van der Waals surface area contributed by atoms with Crippen molar-refractivity contribution in [3.63, 3.8) is 0 Å². The van der Waals surface area contributed by atoms with Gasteiger partial charge in [-0.05, 0) is 0 Å². The number of hydrogen-bond donors (Lipinski definition) is 0. The molecule has 5 heteroatoms. The predicted molar refractivity (Wildman–Crippen MR) is 130 cm³/mol. The van der Waals surface area contributed by atoms with Crippen molar-refractivity contribution < 1.29 is 0 Å². The second-order valence-corrected chi connectivity index (χ2v) is 12.5. The average Bonchev–Trinajstić information content (AvgIpc) is 2.79. The van der Waals surface area contributed by atoms with E-state index in [1.54, 1.807) is 0 Å². The molecule has 0 heterocycles. The van der Waals surface area contributed by atoms with Crippen molar-refractivity contribution in [1.82, 2.24) is 0 Å². The van der Waals surface area contributed by atoms with Gasteiger partial charge >= 0.3 is 202 Å². The molecule has 156 valence electrons. The van der Waals surface area contributed by atoms with Gasteiger partial charge in [0.15, 0.2) is 0 Å². The van der Waals surface area contributed by atoms with Gasteiger partial charge in [0.25, 0.3) is 0 Å². The zero-order valence-electron chi connectivity index (χ0n) is 17.2. The number of hydrogen-bond acceptors (Lipinski definition) is 2. The zero-order chi connectivity index (χ0) is 22.2. The van der Waals surface area contributed by atoms with Gasteiger partial charge in [0.1, 0.15) is 0 Å². The van der Waals surface area contributed by atoms with Crippen LogP contribution in [-0.4, -0.2) is 15.8 Å². The van der Waals surface area contributed by atoms with Gasteiger partial charge in [-0.2, -0.15) is 0 Å². The van der Waals surface area contributed by atoms with Crippen molar-refractivity contribution in [3.05, 3.63) is 105 Å². The molecule has 4 atom stereocenters. The topological polar surface area (TPSA) is 47.6 Å². The van der Waals surface area contributed by atoms with Gasteiger partial charge < -0.3 is 0 Å². The van der Waals surface area contributed by atoms with Crippen LogP contribution >= 0.6 is 23.2 Å². The van der Waals surface area contributed by atoms with Gasteiger partial charge in [-0.15, -0.1) is 0 Å². The minimum atomic E-state index is -0.525. The van der Waals surface area contributed by atoms with E-state index in [-0.39, 0.29) is 10.6 Å². The molecule has 2 nitrogen and oxygen atoms in total. The average molecular weight is 509 g/mol. The molecule has 2 unspecified atom stereocenters. The van der Waals surface area contributed by atoms with Crippen molar-refractivity contribution in [2.75, 3.05) is 0 Å². The van der Waals surface area contributed by atoms with Crippen LogP contribution in [0.2, 0.25) is 14.8 Å². The molecule has 3 aromatic rings. The Morgan fingerprint density at radius 3 is 2.13 bits per heavy atom. The van der Waals surface area contributed by atoms with Crippen molar-refractivity contribution in [2.24, 2.45) is 0 Å². The van der Waals surface area contributed by atoms with Crippen LogP contribution < -0.4 is 0 Å². The van der Waals surface area contributed by atoms with Crippen molar-refractivity contribution in [2.45, 2.75) is 35.1 Å². The van der Waals surface area contributed by atoms with Gasteiger partial charge in [0, 0.05) is 0 Å². The normalized spacial score (nSPS) is 14.0. The van der Waals surface area contributed by atoms with Gasteiger partial charge in [0.2, 0.25) is 0 Å². The molecule has 0 radical (unpaired) electrons. The summed E-state index contributed by atoms with van der Waals surface area (Å²) in [5.74, 6) is 0.267. The van der Waals surface area contributed by atoms with E-state index in [2.05, 4.69) is 37.3 Å². The summed E-state index contributed by atoms with van der Waals surface area (Å²) in [6.45, 7) is 2.29. The van der Waals surface area contributed by atoms with E-state index in [0.29, 0.717) is 21.7 Å². The summed E-state index contributed by atoms with van der Waals surface area (Å²) in [6.07, 6.45) is 1.38. The van der Waals surface area contributed by atoms with E-state index in [0.717, 1.165) is 11.4 Å². The molecule has 0 saturated heterocycles. The standard InChI is InChI=1S/C26H23AsCl2N2/c1-18(27-26(13-14-30)21-7-11-24(29)12-8-21)25(16-19-5-9-23(28)10-6-19)22-4-2-3-20(15-22)17-31/h2-12,15,18,25-27H,13,16H2,1H3/t18-,25+,26?/m0/s1. The molecule has 0 aromatic heterocycles. The Bertz CT molecular complexity index is 1080. The number of nitrogens with zero attached hydrogens (tertiary/aromatic N) is 2. The molecule has 0 saturated carbocycles. The first kappa shape index (κ1) is 23.4. The Kier molecular flexibility index (Phi) is 8.63. The van der Waals surface area contributed by atoms with Crippen LogP contribution in [-0.2, 0) is 6.42 Å². The molecule has 0 spiro atoms. The number of benzene rings is 3. The molecule has 0 fully saturated rings. The van der Waals surface area contributed by atoms with E-state index >= 15 is 0 Å². The zero-order valence-corrected chi connectivity index (χ0v) is 20.8. The first-order valence-electron chi connectivity index (χ1n) is 10.1. The summed E-state index contributed by atoms with van der Waals surface area (Å²) >= 11 is 11.6. The van der Waals surface area contributed by atoms with E-state index in [9.17, 15) is 10.5 Å². The SMILES string of the molecule is C[C@H]([AsH]C(CC#N)c1ccc(Cl)cc1)[C@@H](Cc1ccc(Cl)cc1)c1cccc(C#N)c1. The van der Waals surface area contributed by atoms with Gasteiger partial charge in [-0.25, -0.2) is 0 Å². The summed E-state index contributed by atoms with van der Waals surface area (Å²) < 4.78 is 0.669. The quantitative estimate of drug-likeness (QED) is 0.305. The first-order valence-corrected chi connectivity index (χ1v) is 13.3. The molecule has 0 aliphatic heterocycles. The maximum atomic E-state index is 9.45. The number of halogens is 2. The monoisotopic (exact) mass is 508 g/mol. The van der Waals surface area contributed by atoms with Crippen LogP contribution in [0.4, 0.5) is 0 Å². The maximum absolute atomic E-state index is 9.45. The predicted octanol–water partition coefficient (Wildman–Crippen LogP) is 7.09. The molecule has 3 aromatic carbocycles. The fourth-order valence-electron chi connectivity index (χ4n) is 3.79. The summed E-state index contributed by atoms with van der Waals surface area (Å²) in [5.41, 5.74) is 4.27. The van der Waals surface area contributed by atoms with Crippen LogP contribution in [0.25, 0.3) is 0 Å². The Hall–Kier alpha value is -2.22. The number of nitriles is 2. The third-order valence-electron chi connectivity index (χ3n) is 5.45. The van der Waals surface area contributed by atoms with Crippen LogP contribution in [0.1, 0.15) is 46.2 Å². The summed E-state index contributed by atoms with van der Waals surface area (Å²) in [5, 5.41) is 20.3. The van der Waals surface area contributed by atoms with Crippen LogP contribution in [0.3, 0.4) is 0 Å². The summed E-state index contributed by atoms with van der Waals surface area (Å²) in [4.78, 5) is 0. The molecule has 0 N–H and O–H groups in total. The Morgan fingerprint density at radius 1 is 0.871 bits per heavy atom. The second kappa shape index (κ2) is 11.4. The molecule has 31 heavy (non-hydrogen) atoms. The van der Waals surface area contributed by atoms with E-state index in [1.807, 2.05) is 54.6 Å². The van der Waals surface area contributed by atoms with E-state index in [4.69, 9.17) is 23.2 Å². The Morgan fingerprint density at radius 2 is 1.52 bits per heavy atom. The van der Waals surface area contributed by atoms with Crippen LogP contribution in [0.15, 0.2) is 72.8 Å². The Balaban J connectivity index is 1.90. The molecule has 0 aliphatic rings. The minimum absolute atomic E-state index is 0.254. The molecular formula is C26H23AsCl2N2. The summed E-state index contributed by atoms with van der Waals surface area (Å²) in [7, 11) is 0. The van der Waals surface area contributed by atoms with Crippen molar-refractivity contribution >= 4 is 39.0 Å². The van der Waals surface area contributed by atoms with Gasteiger partial charge in [-0.3, -0.25) is 0 Å². The fraction of sp³-hybridized carbons (Fsp3) is 0.231. The third kappa shape index (κ3) is 6.63. The van der Waals surface area contributed by atoms with Crippen molar-refractivity contribution in [3.8, 4) is 12.1 Å². The van der Waals surface area contributed by atoms with E-state index < -0.39 is 15.8 Å². The van der Waals surface area contributed by atoms with Gasteiger partial charge in [0.05, 0.1) is 0 Å². The third-order valence-corrected chi connectivity index (χ3v) is 9.87. The van der Waals surface area contributed by atoms with Crippen molar-refractivity contribution in [1.29, 1.82) is 10.5 Å². The molecule has 3 rings (SSSR count). The summed E-state index contributed by atoms with van der Waals surface area (Å²) in [6, 6.07) is 28.5. The molecule has 0 amide bonds. The Labute approximate surface area is 201 Å². The van der Waals surface area contributed by atoms with Crippen LogP contribution in [0.5, 0.6) is 0 Å². The molecular weight excluding hydrogens is 486 g/mol. The number of rotatable bonds is 8. The van der Waals surface area contributed by atoms with E-state index in [1.165, 1.54) is 16.7 Å². The second-order valence-electron chi connectivity index (χ2n) is 7.60. The molecule has 0 aliphatic carbocycles. The molecule has 0 bridgehead atoms. The first-order chi connectivity index (χ1) is 15.0.